The van der Waals surface area contributed by atoms with Crippen LogP contribution in [-0.4, -0.2) is 22.8 Å². The van der Waals surface area contributed by atoms with Gasteiger partial charge in [0.05, 0.1) is 5.56 Å². The fourth-order valence-corrected chi connectivity index (χ4v) is 11.0. The van der Waals surface area contributed by atoms with Crippen LogP contribution in [0.1, 0.15) is 101 Å². The highest BCUT2D eigenvalue weighted by atomic mass is 19.1. The number of aromatic carboxylic acids is 1. The Balaban J connectivity index is 1.30. The lowest BCUT2D eigenvalue weighted by Gasteiger charge is -2.64. The van der Waals surface area contributed by atoms with Crippen molar-refractivity contribution in [1.82, 2.24) is 0 Å². The molecule has 0 saturated heterocycles. The van der Waals surface area contributed by atoms with Gasteiger partial charge < -0.3 is 10.2 Å². The van der Waals surface area contributed by atoms with Gasteiger partial charge in [-0.05, 0) is 127 Å². The van der Waals surface area contributed by atoms with Crippen molar-refractivity contribution < 1.29 is 19.4 Å². The molecule has 4 heteroatoms. The summed E-state index contributed by atoms with van der Waals surface area (Å²) in [4.78, 5) is 11.3. The molecule has 0 spiro atoms. The third kappa shape index (κ3) is 3.35. The van der Waals surface area contributed by atoms with Crippen molar-refractivity contribution in [2.75, 3.05) is 6.61 Å². The number of halogens is 1. The predicted octanol–water partition coefficient (Wildman–Crippen LogP) is 7.58. The number of hydrogen-bond donors (Lipinski definition) is 2. The molecule has 1 aromatic rings. The van der Waals surface area contributed by atoms with E-state index in [1.54, 1.807) is 12.1 Å². The van der Waals surface area contributed by atoms with Crippen LogP contribution in [0.5, 0.6) is 0 Å². The molecular formula is C32H43FO3. The highest BCUT2D eigenvalue weighted by molar-refractivity contribution is 5.88. The number of benzene rings is 1. The molecule has 4 saturated carbocycles. The van der Waals surface area contributed by atoms with Crippen molar-refractivity contribution in [2.24, 2.45) is 51.8 Å². The van der Waals surface area contributed by atoms with Gasteiger partial charge in [-0.15, -0.1) is 0 Å². The molecular weight excluding hydrogens is 451 g/mol. The summed E-state index contributed by atoms with van der Waals surface area (Å²) in [6, 6.07) is 4.41. The Hall–Kier alpha value is -1.68. The highest BCUT2D eigenvalue weighted by Gasteiger charge is 2.61. The summed E-state index contributed by atoms with van der Waals surface area (Å²) in [7, 11) is 0. The maximum atomic E-state index is 15.2. The number of aliphatic hydroxyl groups excluding tert-OH is 1. The highest BCUT2D eigenvalue weighted by Crippen LogP contribution is 2.69. The Morgan fingerprint density at radius 1 is 0.972 bits per heavy atom. The zero-order valence-electron chi connectivity index (χ0n) is 22.2. The summed E-state index contributed by atoms with van der Waals surface area (Å²) < 4.78 is 15.2. The van der Waals surface area contributed by atoms with Crippen molar-refractivity contribution in [1.29, 1.82) is 0 Å². The molecule has 2 N–H and O–H groups in total. The molecule has 4 fully saturated rings. The maximum Gasteiger partial charge on any atom is 0.335 e. The lowest BCUT2D eigenvalue weighted by molar-refractivity contribution is -0.134. The van der Waals surface area contributed by atoms with Crippen molar-refractivity contribution >= 4 is 11.5 Å². The largest absolute Gasteiger partial charge is 0.478 e. The average Bonchev–Trinajstić information content (AvgIpc) is 3.29. The second-order valence-electron chi connectivity index (χ2n) is 13.9. The van der Waals surface area contributed by atoms with Gasteiger partial charge in [0, 0.05) is 12.2 Å². The number of allylic oxidation sites excluding steroid dienone is 2. The normalized spacial score (nSPS) is 43.0. The first-order valence-corrected chi connectivity index (χ1v) is 14.5. The van der Waals surface area contributed by atoms with Gasteiger partial charge in [0.2, 0.25) is 0 Å². The molecule has 0 radical (unpaired) electrons. The zero-order chi connectivity index (χ0) is 25.5. The predicted molar refractivity (Wildman–Crippen MR) is 140 cm³/mol. The summed E-state index contributed by atoms with van der Waals surface area (Å²) in [5.74, 6) is 2.86. The molecule has 8 atom stereocenters. The Kier molecular flexibility index (Phi) is 5.76. The fraction of sp³-hybridized carbons (Fsp3) is 0.719. The Morgan fingerprint density at radius 2 is 1.72 bits per heavy atom. The second-order valence-corrected chi connectivity index (χ2v) is 13.9. The van der Waals surface area contributed by atoms with E-state index >= 15 is 4.39 Å². The van der Waals surface area contributed by atoms with E-state index < -0.39 is 11.8 Å². The van der Waals surface area contributed by atoms with Gasteiger partial charge in [-0.3, -0.25) is 0 Å². The van der Waals surface area contributed by atoms with Crippen LogP contribution in [0.25, 0.3) is 5.57 Å². The van der Waals surface area contributed by atoms with E-state index in [-0.39, 0.29) is 21.8 Å². The fourth-order valence-electron chi connectivity index (χ4n) is 11.0. The summed E-state index contributed by atoms with van der Waals surface area (Å²) in [6.45, 7) is 7.52. The Morgan fingerprint density at radius 3 is 2.44 bits per heavy atom. The number of fused-ring (bicyclic) bond motifs is 7. The van der Waals surface area contributed by atoms with Crippen molar-refractivity contribution in [3.8, 4) is 0 Å². The van der Waals surface area contributed by atoms with E-state index in [0.717, 1.165) is 41.6 Å². The van der Waals surface area contributed by atoms with Crippen molar-refractivity contribution in [3.05, 3.63) is 41.2 Å². The van der Waals surface area contributed by atoms with Gasteiger partial charge in [-0.2, -0.15) is 0 Å². The molecule has 0 aliphatic heterocycles. The number of carboxylic acids is 1. The van der Waals surface area contributed by atoms with Gasteiger partial charge >= 0.3 is 5.97 Å². The van der Waals surface area contributed by atoms with Crippen LogP contribution in [0.4, 0.5) is 4.39 Å². The second kappa shape index (κ2) is 8.41. The van der Waals surface area contributed by atoms with Gasteiger partial charge in [0.15, 0.2) is 0 Å². The third-order valence-electron chi connectivity index (χ3n) is 12.5. The van der Waals surface area contributed by atoms with Crippen LogP contribution >= 0.6 is 0 Å². The monoisotopic (exact) mass is 494 g/mol. The van der Waals surface area contributed by atoms with E-state index in [2.05, 4.69) is 26.8 Å². The van der Waals surface area contributed by atoms with E-state index in [4.69, 9.17) is 0 Å². The van der Waals surface area contributed by atoms with Crippen LogP contribution in [0.2, 0.25) is 0 Å². The zero-order valence-corrected chi connectivity index (χ0v) is 22.2. The van der Waals surface area contributed by atoms with Gasteiger partial charge in [0.25, 0.3) is 0 Å². The number of carboxylic acid groups (broad SMARTS) is 1. The molecule has 196 valence electrons. The lowest BCUT2D eigenvalue weighted by Crippen LogP contribution is -2.57. The molecule has 0 bridgehead atoms. The number of aliphatic hydroxyl groups is 1. The summed E-state index contributed by atoms with van der Waals surface area (Å²) in [5, 5.41) is 19.6. The summed E-state index contributed by atoms with van der Waals surface area (Å²) >= 11 is 0. The molecule has 0 aromatic heterocycles. The van der Waals surface area contributed by atoms with E-state index in [0.29, 0.717) is 18.1 Å². The Bertz CT molecular complexity index is 1090. The lowest BCUT2D eigenvalue weighted by atomic mass is 9.41. The molecule has 36 heavy (non-hydrogen) atoms. The first-order chi connectivity index (χ1) is 17.1. The molecule has 6 rings (SSSR count). The van der Waals surface area contributed by atoms with Gasteiger partial charge in [-0.1, -0.05) is 39.3 Å². The number of carbonyl (C=O) groups is 1. The van der Waals surface area contributed by atoms with Gasteiger partial charge in [-0.25, -0.2) is 9.18 Å². The Labute approximate surface area is 215 Å². The summed E-state index contributed by atoms with van der Waals surface area (Å²) in [6.07, 6.45) is 14.8. The standard InChI is InChI=1S/C32H43FO3/c1-30(2)24(23-7-6-19(29(35)36)17-27(23)33)13-15-31(3)25-10-8-22-20(21(25)9-11-28(30)31)12-16-32(18-34)14-4-5-26(22)32/h6-7,13,17,20-22,25-26,28,34H,4-5,8-12,14-16,18H2,1-3H3,(H,35,36)/t20?,21?,22?,25?,26?,28?,31-,32-/m1/s1. The van der Waals surface area contributed by atoms with Crippen molar-refractivity contribution in [3.63, 3.8) is 0 Å². The van der Waals surface area contributed by atoms with Crippen LogP contribution in [0.3, 0.4) is 0 Å². The average molecular weight is 495 g/mol. The molecule has 1 aromatic carbocycles. The van der Waals surface area contributed by atoms with Gasteiger partial charge in [0.1, 0.15) is 5.82 Å². The van der Waals surface area contributed by atoms with Crippen LogP contribution < -0.4 is 0 Å². The minimum atomic E-state index is -1.09. The molecule has 0 heterocycles. The molecule has 5 aliphatic rings. The molecule has 6 unspecified atom stereocenters. The first kappa shape index (κ1) is 24.6. The first-order valence-electron chi connectivity index (χ1n) is 14.5. The van der Waals surface area contributed by atoms with E-state index in [9.17, 15) is 15.0 Å². The number of hydrogen-bond acceptors (Lipinski definition) is 2. The minimum absolute atomic E-state index is 0.00698. The van der Waals surface area contributed by atoms with E-state index in [1.165, 1.54) is 63.9 Å². The maximum absolute atomic E-state index is 15.2. The quantitative estimate of drug-likeness (QED) is 0.455. The van der Waals surface area contributed by atoms with Crippen LogP contribution in [0, 0.1) is 57.6 Å². The topological polar surface area (TPSA) is 57.5 Å². The SMILES string of the molecule is CC1(C)C(c2ccc(C(=O)O)cc2F)=CC[C@]2(C)C3CCC4C(CC[C@@]5(CO)CCCC45)C3CCC12. The van der Waals surface area contributed by atoms with Crippen molar-refractivity contribution in [2.45, 2.75) is 85.0 Å². The molecule has 3 nitrogen and oxygen atoms in total. The van der Waals surface area contributed by atoms with E-state index in [1.807, 2.05) is 0 Å². The molecule has 5 aliphatic carbocycles. The van der Waals surface area contributed by atoms with Crippen LogP contribution in [0.15, 0.2) is 24.3 Å². The smallest absolute Gasteiger partial charge is 0.335 e. The van der Waals surface area contributed by atoms with Crippen LogP contribution in [-0.2, 0) is 0 Å². The summed E-state index contributed by atoms with van der Waals surface area (Å²) in [5.41, 5.74) is 1.92. The minimum Gasteiger partial charge on any atom is -0.478 e. The third-order valence-corrected chi connectivity index (χ3v) is 12.5. The number of rotatable bonds is 3. The molecule has 0 amide bonds.